The van der Waals surface area contributed by atoms with Gasteiger partial charge in [-0.25, -0.2) is 0 Å². The maximum absolute atomic E-state index is 2.43. The Balaban J connectivity index is 3.00. The molecule has 0 radical (unpaired) electrons. The fourth-order valence-electron chi connectivity index (χ4n) is 7.11. The van der Waals surface area contributed by atoms with Crippen molar-refractivity contribution in [2.75, 3.05) is 0 Å². The van der Waals surface area contributed by atoms with E-state index in [0.717, 1.165) is 0 Å². The molecule has 0 saturated carbocycles. The molecule has 0 amide bonds. The molecule has 42 heavy (non-hydrogen) atoms. The summed E-state index contributed by atoms with van der Waals surface area (Å²) in [6, 6.07) is 18.4. The van der Waals surface area contributed by atoms with Crippen molar-refractivity contribution in [2.24, 2.45) is 0 Å². The zero-order chi connectivity index (χ0) is 32.4. The largest absolute Gasteiger partial charge is 0.0622 e. The lowest BCUT2D eigenvalue weighted by Crippen LogP contribution is -2.34. The highest BCUT2D eigenvalue weighted by atomic mass is 14.5. The van der Waals surface area contributed by atoms with E-state index in [0.29, 0.717) is 0 Å². The van der Waals surface area contributed by atoms with Crippen LogP contribution in [0.2, 0.25) is 0 Å². The van der Waals surface area contributed by atoms with E-state index in [9.17, 15) is 0 Å². The summed E-state index contributed by atoms with van der Waals surface area (Å²) in [5.74, 6) is 0. The van der Waals surface area contributed by atoms with Crippen molar-refractivity contribution in [3.8, 4) is 22.3 Å². The maximum Gasteiger partial charge on any atom is -0.00587 e. The lowest BCUT2D eigenvalue weighted by molar-refractivity contribution is 0.478. The van der Waals surface area contributed by atoms with Gasteiger partial charge >= 0.3 is 0 Å². The zero-order valence-corrected chi connectivity index (χ0v) is 30.6. The van der Waals surface area contributed by atoms with Gasteiger partial charge < -0.3 is 0 Å². The van der Waals surface area contributed by atoms with Crippen molar-refractivity contribution in [2.45, 2.75) is 157 Å². The van der Waals surface area contributed by atoms with Crippen LogP contribution in [0.5, 0.6) is 0 Å². The van der Waals surface area contributed by atoms with Gasteiger partial charge in [0, 0.05) is 0 Å². The van der Waals surface area contributed by atoms with Gasteiger partial charge in [-0.3, -0.25) is 0 Å². The molecule has 0 saturated heterocycles. The summed E-state index contributed by atoms with van der Waals surface area (Å²) in [7, 11) is 0. The van der Waals surface area contributed by atoms with Gasteiger partial charge in [-0.05, 0) is 88.1 Å². The van der Waals surface area contributed by atoms with Crippen LogP contribution in [0.15, 0.2) is 48.5 Å². The molecule has 0 unspecified atom stereocenters. The summed E-state index contributed by atoms with van der Waals surface area (Å²) in [5, 5.41) is 0. The molecular formula is C42H62. The molecule has 230 valence electrons. The first-order valence-corrected chi connectivity index (χ1v) is 16.2. The van der Waals surface area contributed by atoms with Gasteiger partial charge in [0.05, 0.1) is 0 Å². The fraction of sp³-hybridized carbons (Fsp3) is 0.571. The summed E-state index contributed by atoms with van der Waals surface area (Å²) < 4.78 is 0. The van der Waals surface area contributed by atoms with Crippen molar-refractivity contribution in [3.63, 3.8) is 0 Å². The third kappa shape index (κ3) is 6.59. The Hall–Kier alpha value is -2.34. The Bertz CT molecular complexity index is 1420. The number of hydrogen-bond acceptors (Lipinski definition) is 0. The van der Waals surface area contributed by atoms with E-state index in [4.69, 9.17) is 0 Å². The molecule has 0 bridgehead atoms. The molecule has 0 heterocycles. The molecule has 0 spiro atoms. The molecule has 0 N–H and O–H groups in total. The molecular weight excluding hydrogens is 504 g/mol. The van der Waals surface area contributed by atoms with Crippen LogP contribution in [0, 0.1) is 0 Å². The molecule has 0 heteroatoms. The first-order chi connectivity index (χ1) is 18.7. The number of hydrogen-bond donors (Lipinski definition) is 0. The smallest absolute Gasteiger partial charge is 0.00587 e. The lowest BCUT2D eigenvalue weighted by Gasteiger charge is -2.44. The van der Waals surface area contributed by atoms with Gasteiger partial charge in [0.25, 0.3) is 0 Å². The molecule has 0 aliphatic heterocycles. The van der Waals surface area contributed by atoms with Crippen LogP contribution in [0.4, 0.5) is 0 Å². The van der Waals surface area contributed by atoms with Crippen LogP contribution in [0.25, 0.3) is 22.3 Å². The van der Waals surface area contributed by atoms with Crippen molar-refractivity contribution in [3.05, 3.63) is 81.9 Å². The normalized spacial score (nSPS) is 14.0. The standard InChI is InChI=1S/C42H62/c1-37(2,3)29-26-22-25-28(32(29)38(4,5)6)31-30(27-23-20-19-21-24-27)33(39(7,8)9)35(41(13,14)15)36(42(16,17)18)34(31)40(10,11)12/h19-26H,1-18H3. The quantitative estimate of drug-likeness (QED) is 0.289. The van der Waals surface area contributed by atoms with E-state index >= 15 is 0 Å². The van der Waals surface area contributed by atoms with Crippen LogP contribution in [0.3, 0.4) is 0 Å². The predicted molar refractivity (Wildman–Crippen MR) is 190 cm³/mol. The maximum atomic E-state index is 2.43. The third-order valence-electron chi connectivity index (χ3n) is 8.45. The summed E-state index contributed by atoms with van der Waals surface area (Å²) in [6.45, 7) is 43.5. The van der Waals surface area contributed by atoms with Gasteiger partial charge in [0.15, 0.2) is 0 Å². The van der Waals surface area contributed by atoms with Gasteiger partial charge in [-0.1, -0.05) is 173 Å². The third-order valence-corrected chi connectivity index (χ3v) is 8.45. The first-order valence-electron chi connectivity index (χ1n) is 16.2. The molecule has 3 rings (SSSR count). The Morgan fingerprint density at radius 1 is 0.310 bits per heavy atom. The monoisotopic (exact) mass is 566 g/mol. The van der Waals surface area contributed by atoms with E-state index in [1.807, 2.05) is 0 Å². The summed E-state index contributed by atoms with van der Waals surface area (Å²) in [4.78, 5) is 0. The van der Waals surface area contributed by atoms with E-state index in [-0.39, 0.29) is 32.5 Å². The van der Waals surface area contributed by atoms with E-state index in [1.165, 1.54) is 55.6 Å². The van der Waals surface area contributed by atoms with Gasteiger partial charge in [-0.2, -0.15) is 0 Å². The molecule has 0 aliphatic rings. The Kier molecular flexibility index (Phi) is 8.68. The number of rotatable bonds is 2. The minimum Gasteiger partial charge on any atom is -0.0622 e. The predicted octanol–water partition coefficient (Wildman–Crippen LogP) is 12.8. The van der Waals surface area contributed by atoms with Crippen molar-refractivity contribution < 1.29 is 0 Å². The fourth-order valence-corrected chi connectivity index (χ4v) is 7.11. The minimum absolute atomic E-state index is 0.0263. The minimum atomic E-state index is -0.0786. The molecule has 0 atom stereocenters. The van der Waals surface area contributed by atoms with E-state index in [2.05, 4.69) is 173 Å². The summed E-state index contributed by atoms with van der Waals surface area (Å²) in [5.41, 5.74) is 14.3. The topological polar surface area (TPSA) is 0 Å². The number of benzene rings is 3. The molecule has 0 nitrogen and oxygen atoms in total. The van der Waals surface area contributed by atoms with Gasteiger partial charge in [0.1, 0.15) is 0 Å². The molecule has 3 aromatic carbocycles. The zero-order valence-electron chi connectivity index (χ0n) is 30.6. The Morgan fingerprint density at radius 2 is 0.690 bits per heavy atom. The summed E-state index contributed by atoms with van der Waals surface area (Å²) in [6.07, 6.45) is 0. The van der Waals surface area contributed by atoms with Crippen LogP contribution < -0.4 is 0 Å². The second-order valence-corrected chi connectivity index (χ2v) is 18.8. The average Bonchev–Trinajstić information content (AvgIpc) is 2.78. The van der Waals surface area contributed by atoms with E-state index in [1.54, 1.807) is 0 Å². The second-order valence-electron chi connectivity index (χ2n) is 18.8. The highest BCUT2D eigenvalue weighted by Gasteiger charge is 2.42. The van der Waals surface area contributed by atoms with Crippen LogP contribution >= 0.6 is 0 Å². The highest BCUT2D eigenvalue weighted by Crippen LogP contribution is 2.56. The van der Waals surface area contributed by atoms with Crippen molar-refractivity contribution in [1.29, 1.82) is 0 Å². The first kappa shape index (κ1) is 34.2. The van der Waals surface area contributed by atoms with Crippen LogP contribution in [-0.2, 0) is 32.5 Å². The Morgan fingerprint density at radius 3 is 1.05 bits per heavy atom. The lowest BCUT2D eigenvalue weighted by atomic mass is 9.59. The molecule has 3 aromatic rings. The van der Waals surface area contributed by atoms with Crippen molar-refractivity contribution >= 4 is 0 Å². The van der Waals surface area contributed by atoms with Gasteiger partial charge in [-0.15, -0.1) is 0 Å². The molecule has 0 aliphatic carbocycles. The SMILES string of the molecule is CC(C)(C)c1cccc(-c2c(-c3ccccc3)c(C(C)(C)C)c(C(C)(C)C)c(C(C)(C)C)c2C(C)(C)C)c1C(C)(C)C. The molecule has 0 fully saturated rings. The highest BCUT2D eigenvalue weighted by molar-refractivity contribution is 5.93. The van der Waals surface area contributed by atoms with Crippen LogP contribution in [0.1, 0.15) is 158 Å². The van der Waals surface area contributed by atoms with Crippen molar-refractivity contribution in [1.82, 2.24) is 0 Å². The summed E-state index contributed by atoms with van der Waals surface area (Å²) >= 11 is 0. The average molecular weight is 567 g/mol. The van der Waals surface area contributed by atoms with E-state index < -0.39 is 0 Å². The van der Waals surface area contributed by atoms with Gasteiger partial charge in [0.2, 0.25) is 0 Å². The second kappa shape index (κ2) is 10.7. The Labute approximate surface area is 260 Å². The van der Waals surface area contributed by atoms with Crippen LogP contribution in [-0.4, -0.2) is 0 Å². The molecule has 0 aromatic heterocycles.